The van der Waals surface area contributed by atoms with Gasteiger partial charge in [-0.3, -0.25) is 9.69 Å². The lowest BCUT2D eigenvalue weighted by Crippen LogP contribution is -2.51. The summed E-state index contributed by atoms with van der Waals surface area (Å²) in [5.41, 5.74) is 4.84. The molecule has 9 nitrogen and oxygen atoms in total. The number of aryl methyl sites for hydroxylation is 1. The summed E-state index contributed by atoms with van der Waals surface area (Å²) in [7, 11) is 1.95. The van der Waals surface area contributed by atoms with Gasteiger partial charge >= 0.3 is 0 Å². The Bertz CT molecular complexity index is 1240. The number of carbonyl (C=O) groups excluding carboxylic acids is 1. The Morgan fingerprint density at radius 1 is 1.11 bits per heavy atom. The molecule has 3 aliphatic rings. The zero-order valence-electron chi connectivity index (χ0n) is 21.7. The van der Waals surface area contributed by atoms with Gasteiger partial charge in [0.1, 0.15) is 11.6 Å². The third kappa shape index (κ3) is 5.02. The van der Waals surface area contributed by atoms with Crippen LogP contribution in [0.4, 0.5) is 5.69 Å². The number of piperazine rings is 1. The number of ether oxygens (including phenoxy) is 2. The number of amides is 1. The fraction of sp³-hybridized carbons (Fsp3) is 0.536. The van der Waals surface area contributed by atoms with Crippen LogP contribution in [0, 0.1) is 5.92 Å². The highest BCUT2D eigenvalue weighted by atomic mass is 16.5. The van der Waals surface area contributed by atoms with Gasteiger partial charge in [-0.05, 0) is 38.0 Å². The van der Waals surface area contributed by atoms with Crippen LogP contribution >= 0.6 is 0 Å². The quantitative estimate of drug-likeness (QED) is 0.553. The molecule has 196 valence electrons. The molecule has 1 amide bonds. The maximum atomic E-state index is 11.7. The summed E-state index contributed by atoms with van der Waals surface area (Å²) in [4.78, 5) is 26.3. The molecule has 9 heteroatoms. The third-order valence-corrected chi connectivity index (χ3v) is 8.18. The van der Waals surface area contributed by atoms with Crippen LogP contribution in [-0.4, -0.2) is 83.4 Å². The van der Waals surface area contributed by atoms with Crippen LogP contribution < -0.4 is 15.0 Å². The molecule has 1 aromatic carbocycles. The fourth-order valence-corrected chi connectivity index (χ4v) is 5.84. The van der Waals surface area contributed by atoms with E-state index in [1.165, 1.54) is 5.69 Å². The Morgan fingerprint density at radius 3 is 2.57 bits per heavy atom. The van der Waals surface area contributed by atoms with E-state index in [1.54, 1.807) is 6.33 Å². The van der Waals surface area contributed by atoms with Crippen LogP contribution in [0.1, 0.15) is 26.2 Å². The highest BCUT2D eigenvalue weighted by molar-refractivity contribution is 5.85. The van der Waals surface area contributed by atoms with E-state index in [0.29, 0.717) is 24.9 Å². The second-order valence-corrected chi connectivity index (χ2v) is 10.5. The van der Waals surface area contributed by atoms with E-state index in [9.17, 15) is 4.79 Å². The van der Waals surface area contributed by atoms with Gasteiger partial charge in [0.2, 0.25) is 11.8 Å². The lowest BCUT2D eigenvalue weighted by molar-refractivity contribution is -0.119. The Morgan fingerprint density at radius 2 is 1.86 bits per heavy atom. The van der Waals surface area contributed by atoms with E-state index in [4.69, 9.17) is 14.5 Å². The molecule has 0 radical (unpaired) electrons. The summed E-state index contributed by atoms with van der Waals surface area (Å²) in [6.07, 6.45) is 4.45. The van der Waals surface area contributed by atoms with E-state index in [2.05, 4.69) is 44.4 Å². The molecule has 2 aromatic heterocycles. The van der Waals surface area contributed by atoms with Crippen molar-refractivity contribution in [1.29, 1.82) is 0 Å². The summed E-state index contributed by atoms with van der Waals surface area (Å²) < 4.78 is 13.8. The van der Waals surface area contributed by atoms with Crippen LogP contribution in [0.15, 0.2) is 36.7 Å². The first-order chi connectivity index (χ1) is 18.0. The van der Waals surface area contributed by atoms with Gasteiger partial charge in [-0.15, -0.1) is 0 Å². The molecule has 0 bridgehead atoms. The maximum Gasteiger partial charge on any atom is 0.241 e. The molecule has 3 fully saturated rings. The van der Waals surface area contributed by atoms with Crippen molar-refractivity contribution in [2.45, 2.75) is 38.3 Å². The molecule has 3 aliphatic heterocycles. The molecule has 6 rings (SSSR count). The number of imidazole rings is 1. The van der Waals surface area contributed by atoms with Crippen molar-refractivity contribution < 1.29 is 14.3 Å². The summed E-state index contributed by atoms with van der Waals surface area (Å²) >= 11 is 0. The van der Waals surface area contributed by atoms with Gasteiger partial charge in [-0.2, -0.15) is 0 Å². The molecule has 0 aliphatic carbocycles. The number of anilines is 1. The average molecular weight is 505 g/mol. The Balaban J connectivity index is 1.18. The predicted octanol–water partition coefficient (Wildman–Crippen LogP) is 2.84. The van der Waals surface area contributed by atoms with E-state index in [-0.39, 0.29) is 17.9 Å². The van der Waals surface area contributed by atoms with Gasteiger partial charge < -0.3 is 24.3 Å². The lowest BCUT2D eigenvalue weighted by atomic mass is 10.0. The van der Waals surface area contributed by atoms with E-state index < -0.39 is 0 Å². The topological polar surface area (TPSA) is 84.8 Å². The number of benzene rings is 1. The first-order valence-corrected chi connectivity index (χ1v) is 13.5. The Hall–Kier alpha value is -3.17. The highest BCUT2D eigenvalue weighted by Gasteiger charge is 2.29. The van der Waals surface area contributed by atoms with Crippen molar-refractivity contribution in [3.63, 3.8) is 0 Å². The molecule has 3 aromatic rings. The Kier molecular flexibility index (Phi) is 6.73. The second kappa shape index (κ2) is 10.3. The molecule has 1 unspecified atom stereocenters. The van der Waals surface area contributed by atoms with Gasteiger partial charge in [-0.1, -0.05) is 12.1 Å². The second-order valence-electron chi connectivity index (χ2n) is 10.5. The monoisotopic (exact) mass is 504 g/mol. The van der Waals surface area contributed by atoms with Crippen molar-refractivity contribution >= 4 is 22.6 Å². The molecule has 2 atom stereocenters. The minimum Gasteiger partial charge on any atom is -0.473 e. The first kappa shape index (κ1) is 24.2. The summed E-state index contributed by atoms with van der Waals surface area (Å²) in [6, 6.07) is 11.4. The molecule has 3 saturated heterocycles. The van der Waals surface area contributed by atoms with Crippen LogP contribution in [0.25, 0.3) is 22.3 Å². The molecule has 37 heavy (non-hydrogen) atoms. The van der Waals surface area contributed by atoms with E-state index >= 15 is 0 Å². The molecule has 5 heterocycles. The third-order valence-electron chi connectivity index (χ3n) is 8.18. The zero-order valence-corrected chi connectivity index (χ0v) is 21.7. The van der Waals surface area contributed by atoms with Gasteiger partial charge in [0.15, 0.2) is 0 Å². The smallest absolute Gasteiger partial charge is 0.241 e. The van der Waals surface area contributed by atoms with Crippen molar-refractivity contribution in [2.75, 3.05) is 50.8 Å². The van der Waals surface area contributed by atoms with Gasteiger partial charge in [0.05, 0.1) is 17.5 Å². The lowest BCUT2D eigenvalue weighted by Gasteiger charge is -2.41. The maximum absolute atomic E-state index is 11.7. The molecule has 0 saturated carbocycles. The van der Waals surface area contributed by atoms with Gasteiger partial charge in [0, 0.05) is 82.6 Å². The molecular formula is C28H36N6O3. The van der Waals surface area contributed by atoms with Gasteiger partial charge in [-0.25, -0.2) is 9.97 Å². The number of fused-ring (bicyclic) bond motifs is 1. The zero-order chi connectivity index (χ0) is 25.4. The number of nitrogens with one attached hydrogen (secondary N) is 1. The minimum atomic E-state index is -0.137. The van der Waals surface area contributed by atoms with Crippen LogP contribution in [0.5, 0.6) is 5.88 Å². The SMILES string of the molecule is C[C@@H](Oc1nc(-c2ccc(N3CCN(C4CCOCC4)CC3)cc2)cc2ncn(C)c12)C1CNC(=O)C1. The number of nitrogens with zero attached hydrogens (tertiary/aromatic N) is 5. The Labute approximate surface area is 217 Å². The summed E-state index contributed by atoms with van der Waals surface area (Å²) in [5, 5.41) is 2.90. The first-order valence-electron chi connectivity index (χ1n) is 13.5. The fourth-order valence-electron chi connectivity index (χ4n) is 5.84. The molecular weight excluding hydrogens is 468 g/mol. The summed E-state index contributed by atoms with van der Waals surface area (Å²) in [5.74, 6) is 0.776. The minimum absolute atomic E-state index is 0.0814. The number of aromatic nitrogens is 3. The highest BCUT2D eigenvalue weighted by Crippen LogP contribution is 2.31. The normalized spacial score (nSPS) is 22.4. The van der Waals surface area contributed by atoms with Crippen molar-refractivity contribution in [3.8, 4) is 17.1 Å². The molecule has 1 N–H and O–H groups in total. The van der Waals surface area contributed by atoms with Crippen molar-refractivity contribution in [1.82, 2.24) is 24.8 Å². The van der Waals surface area contributed by atoms with Crippen molar-refractivity contribution in [3.05, 3.63) is 36.7 Å². The number of rotatable bonds is 6. The largest absolute Gasteiger partial charge is 0.473 e. The number of hydrogen-bond acceptors (Lipinski definition) is 7. The average Bonchev–Trinajstić information content (AvgIpc) is 3.55. The van der Waals surface area contributed by atoms with Crippen LogP contribution in [0.2, 0.25) is 0 Å². The van der Waals surface area contributed by atoms with Crippen molar-refractivity contribution in [2.24, 2.45) is 13.0 Å². The number of pyridine rings is 1. The van der Waals surface area contributed by atoms with Gasteiger partial charge in [0.25, 0.3) is 0 Å². The number of carbonyl (C=O) groups is 1. The number of hydrogen-bond donors (Lipinski definition) is 1. The predicted molar refractivity (Wildman–Crippen MR) is 143 cm³/mol. The standard InChI is InChI=1S/C28H36N6O3/c1-19(21-15-26(35)29-17-21)37-28-27-25(30-18-32(27)2)16-24(31-28)20-3-5-22(6-4-20)33-9-11-34(12-10-33)23-7-13-36-14-8-23/h3-6,16,18-19,21,23H,7-15,17H2,1-2H3,(H,29,35)/t19-,21?/m1/s1. The van der Waals surface area contributed by atoms with Crippen LogP contribution in [-0.2, 0) is 16.6 Å². The van der Waals surface area contributed by atoms with E-state index in [0.717, 1.165) is 74.5 Å². The summed E-state index contributed by atoms with van der Waals surface area (Å²) in [6.45, 7) is 8.74. The van der Waals surface area contributed by atoms with E-state index in [1.807, 2.05) is 24.6 Å². The van der Waals surface area contributed by atoms with Crippen LogP contribution in [0.3, 0.4) is 0 Å². The molecule has 0 spiro atoms.